The van der Waals surface area contributed by atoms with Gasteiger partial charge in [-0.15, -0.1) is 0 Å². The minimum Gasteiger partial charge on any atom is -0.497 e. The third kappa shape index (κ3) is 5.72. The van der Waals surface area contributed by atoms with Gasteiger partial charge in [0.25, 0.3) is 0 Å². The summed E-state index contributed by atoms with van der Waals surface area (Å²) in [5.74, 6) is 0.251. The Morgan fingerprint density at radius 1 is 1.26 bits per heavy atom. The third-order valence-corrected chi connectivity index (χ3v) is 4.48. The number of methoxy groups -OCH3 is 2. The van der Waals surface area contributed by atoms with Gasteiger partial charge >= 0.3 is 0 Å². The average Bonchev–Trinajstić information content (AvgIpc) is 2.50. The number of carbonyl (C=O) groups excluding carboxylic acids is 1. The summed E-state index contributed by atoms with van der Waals surface area (Å²) in [6, 6.07) is 5.65. The summed E-state index contributed by atoms with van der Waals surface area (Å²) in [5, 5.41) is 2.71. The molecule has 1 rings (SSSR count). The molecule has 0 fully saturated rings. The van der Waals surface area contributed by atoms with Crippen molar-refractivity contribution in [2.24, 2.45) is 0 Å². The number of sulfonamides is 1. The molecule has 0 aromatic heterocycles. The fourth-order valence-corrected chi connectivity index (χ4v) is 3.29. The first-order valence-electron chi connectivity index (χ1n) is 7.21. The van der Waals surface area contributed by atoms with Crippen LogP contribution in [0.25, 0.3) is 0 Å². The highest BCUT2D eigenvalue weighted by Crippen LogP contribution is 2.23. The summed E-state index contributed by atoms with van der Waals surface area (Å²) in [7, 11) is -0.500. The molecule has 0 unspecified atom stereocenters. The van der Waals surface area contributed by atoms with Crippen molar-refractivity contribution in [3.63, 3.8) is 0 Å². The fourth-order valence-electron chi connectivity index (χ4n) is 2.11. The Bertz CT molecular complexity index is 601. The van der Waals surface area contributed by atoms with Crippen LogP contribution in [0.2, 0.25) is 0 Å². The van der Waals surface area contributed by atoms with E-state index in [0.717, 1.165) is 10.6 Å². The van der Waals surface area contributed by atoms with E-state index in [1.54, 1.807) is 38.3 Å². The standard InChI is InChI=1S/C15H24N2O5S/c1-12(15(18)16-10-5-11-21-2)17(23(4,19)20)13-6-8-14(22-3)9-7-13/h6-9,12H,5,10-11H2,1-4H3,(H,16,18)/t12-/m0/s1. The molecule has 8 heteroatoms. The largest absolute Gasteiger partial charge is 0.497 e. The highest BCUT2D eigenvalue weighted by Gasteiger charge is 2.28. The van der Waals surface area contributed by atoms with E-state index in [1.807, 2.05) is 0 Å². The zero-order valence-electron chi connectivity index (χ0n) is 13.9. The molecule has 1 atom stereocenters. The lowest BCUT2D eigenvalue weighted by molar-refractivity contribution is -0.121. The number of anilines is 1. The molecule has 1 aromatic rings. The molecule has 0 saturated carbocycles. The zero-order chi connectivity index (χ0) is 17.5. The molecule has 0 heterocycles. The Morgan fingerprint density at radius 2 is 1.87 bits per heavy atom. The van der Waals surface area contributed by atoms with Crippen LogP contribution < -0.4 is 14.4 Å². The molecular formula is C15H24N2O5S. The second kappa shape index (κ2) is 8.73. The number of carbonyl (C=O) groups is 1. The lowest BCUT2D eigenvalue weighted by Gasteiger charge is -2.28. The maximum Gasteiger partial charge on any atom is 0.243 e. The van der Waals surface area contributed by atoms with Crippen molar-refractivity contribution < 1.29 is 22.7 Å². The highest BCUT2D eigenvalue weighted by molar-refractivity contribution is 7.92. The lowest BCUT2D eigenvalue weighted by atomic mass is 10.2. The van der Waals surface area contributed by atoms with Gasteiger partial charge in [0.15, 0.2) is 0 Å². The molecule has 0 aliphatic heterocycles. The van der Waals surface area contributed by atoms with E-state index in [0.29, 0.717) is 31.0 Å². The number of hydrogen-bond donors (Lipinski definition) is 1. The van der Waals surface area contributed by atoms with Crippen LogP contribution in [0.15, 0.2) is 24.3 Å². The molecule has 0 saturated heterocycles. The lowest BCUT2D eigenvalue weighted by Crippen LogP contribution is -2.48. The number of benzene rings is 1. The second-order valence-corrected chi connectivity index (χ2v) is 6.93. The number of hydrogen-bond acceptors (Lipinski definition) is 5. The molecule has 1 aromatic carbocycles. The van der Waals surface area contributed by atoms with E-state index in [-0.39, 0.29) is 5.91 Å². The van der Waals surface area contributed by atoms with E-state index < -0.39 is 16.1 Å². The highest BCUT2D eigenvalue weighted by atomic mass is 32.2. The topological polar surface area (TPSA) is 84.9 Å². The number of ether oxygens (including phenoxy) is 2. The van der Waals surface area contributed by atoms with Crippen molar-refractivity contribution in [1.29, 1.82) is 0 Å². The van der Waals surface area contributed by atoms with E-state index in [9.17, 15) is 13.2 Å². The van der Waals surface area contributed by atoms with Crippen LogP contribution in [0, 0.1) is 0 Å². The van der Waals surface area contributed by atoms with Crippen LogP contribution in [-0.4, -0.2) is 54.0 Å². The predicted molar refractivity (Wildman–Crippen MR) is 89.3 cm³/mol. The monoisotopic (exact) mass is 344 g/mol. The van der Waals surface area contributed by atoms with Gasteiger partial charge in [0.1, 0.15) is 11.8 Å². The molecular weight excluding hydrogens is 320 g/mol. The van der Waals surface area contributed by atoms with Crippen molar-refractivity contribution in [3.8, 4) is 5.75 Å². The summed E-state index contributed by atoms with van der Waals surface area (Å²) < 4.78 is 35.3. The van der Waals surface area contributed by atoms with Gasteiger partial charge in [-0.2, -0.15) is 0 Å². The summed E-state index contributed by atoms with van der Waals surface area (Å²) in [6.45, 7) is 2.51. The molecule has 0 aliphatic carbocycles. The number of rotatable bonds is 9. The molecule has 0 aliphatic rings. The number of nitrogens with zero attached hydrogens (tertiary/aromatic N) is 1. The van der Waals surface area contributed by atoms with Crippen LogP contribution in [0.5, 0.6) is 5.75 Å². The normalized spacial score (nSPS) is 12.5. The smallest absolute Gasteiger partial charge is 0.243 e. The van der Waals surface area contributed by atoms with Crippen LogP contribution in [0.4, 0.5) is 5.69 Å². The SMILES string of the molecule is COCCCNC(=O)[C@H](C)N(c1ccc(OC)cc1)S(C)(=O)=O. The Labute approximate surface area is 137 Å². The summed E-state index contributed by atoms with van der Waals surface area (Å²) >= 11 is 0. The Morgan fingerprint density at radius 3 is 2.35 bits per heavy atom. The molecule has 1 N–H and O–H groups in total. The Hall–Kier alpha value is -1.80. The Balaban J connectivity index is 2.91. The number of nitrogens with one attached hydrogen (secondary N) is 1. The van der Waals surface area contributed by atoms with Crippen LogP contribution in [0.3, 0.4) is 0 Å². The molecule has 0 spiro atoms. The first-order valence-corrected chi connectivity index (χ1v) is 9.06. The van der Waals surface area contributed by atoms with Crippen LogP contribution >= 0.6 is 0 Å². The molecule has 0 bridgehead atoms. The maximum atomic E-state index is 12.2. The first kappa shape index (κ1) is 19.2. The second-order valence-electron chi connectivity index (χ2n) is 5.07. The van der Waals surface area contributed by atoms with E-state index in [2.05, 4.69) is 5.32 Å². The maximum absolute atomic E-state index is 12.2. The summed E-state index contributed by atoms with van der Waals surface area (Å²) in [5.41, 5.74) is 0.410. The van der Waals surface area contributed by atoms with Crippen LogP contribution in [0.1, 0.15) is 13.3 Å². The molecule has 1 amide bonds. The van der Waals surface area contributed by atoms with Crippen LogP contribution in [-0.2, 0) is 19.6 Å². The first-order chi connectivity index (χ1) is 10.8. The van der Waals surface area contributed by atoms with Crippen molar-refractivity contribution >= 4 is 21.6 Å². The quantitative estimate of drug-likeness (QED) is 0.676. The fraction of sp³-hybridized carbons (Fsp3) is 0.533. The van der Waals surface area contributed by atoms with E-state index >= 15 is 0 Å². The number of amides is 1. The van der Waals surface area contributed by atoms with Gasteiger partial charge in [0.2, 0.25) is 15.9 Å². The zero-order valence-corrected chi connectivity index (χ0v) is 14.7. The summed E-state index contributed by atoms with van der Waals surface area (Å²) in [4.78, 5) is 12.2. The molecule has 7 nitrogen and oxygen atoms in total. The summed E-state index contributed by atoms with van der Waals surface area (Å²) in [6.07, 6.45) is 1.74. The molecule has 23 heavy (non-hydrogen) atoms. The Kier molecular flexibility index (Phi) is 7.31. The minimum atomic E-state index is -3.61. The molecule has 0 radical (unpaired) electrons. The van der Waals surface area contributed by atoms with Crippen molar-refractivity contribution in [2.45, 2.75) is 19.4 Å². The van der Waals surface area contributed by atoms with Gasteiger partial charge in [-0.25, -0.2) is 8.42 Å². The minimum absolute atomic E-state index is 0.359. The van der Waals surface area contributed by atoms with Gasteiger partial charge < -0.3 is 14.8 Å². The van der Waals surface area contributed by atoms with Gasteiger partial charge in [-0.1, -0.05) is 0 Å². The third-order valence-electron chi connectivity index (χ3n) is 3.24. The van der Waals surface area contributed by atoms with Crippen molar-refractivity contribution in [1.82, 2.24) is 5.32 Å². The van der Waals surface area contributed by atoms with Crippen molar-refractivity contribution in [3.05, 3.63) is 24.3 Å². The predicted octanol–water partition coefficient (Wildman–Crippen LogP) is 1.00. The van der Waals surface area contributed by atoms with E-state index in [4.69, 9.17) is 9.47 Å². The average molecular weight is 344 g/mol. The molecule has 130 valence electrons. The van der Waals surface area contributed by atoms with Gasteiger partial charge in [-0.3, -0.25) is 9.10 Å². The van der Waals surface area contributed by atoms with E-state index in [1.165, 1.54) is 7.11 Å². The van der Waals surface area contributed by atoms with Gasteiger partial charge in [-0.05, 0) is 37.6 Å². The van der Waals surface area contributed by atoms with Gasteiger partial charge in [0, 0.05) is 20.3 Å². The van der Waals surface area contributed by atoms with Crippen molar-refractivity contribution in [2.75, 3.05) is 37.9 Å². The van der Waals surface area contributed by atoms with Gasteiger partial charge in [0.05, 0.1) is 19.1 Å².